The van der Waals surface area contributed by atoms with Crippen molar-refractivity contribution >= 4 is 24.8 Å². The molecule has 0 aliphatic rings. The van der Waals surface area contributed by atoms with Crippen molar-refractivity contribution in [1.29, 1.82) is 0 Å². The highest BCUT2D eigenvalue weighted by atomic mass is 28.4. The molecule has 0 bridgehead atoms. The van der Waals surface area contributed by atoms with Gasteiger partial charge in [-0.2, -0.15) is 0 Å². The molecular weight excluding hydrogens is 332 g/mol. The van der Waals surface area contributed by atoms with Crippen molar-refractivity contribution in [3.8, 4) is 5.75 Å². The largest absolute Gasteiger partial charge is 0.534 e. The Balaban J connectivity index is 2.21. The summed E-state index contributed by atoms with van der Waals surface area (Å²) < 4.78 is 6.94. The van der Waals surface area contributed by atoms with Crippen molar-refractivity contribution in [2.45, 2.75) is 25.8 Å². The molecule has 3 aromatic carbocycles. The fraction of sp³-hybridized carbons (Fsp3) is 0.167. The van der Waals surface area contributed by atoms with Crippen LogP contribution in [0.4, 0.5) is 0 Å². The second-order valence-electron chi connectivity index (χ2n) is 7.54. The van der Waals surface area contributed by atoms with Crippen LogP contribution in [0.5, 0.6) is 5.75 Å². The molecule has 132 valence electrons. The molecule has 26 heavy (non-hydrogen) atoms. The van der Waals surface area contributed by atoms with Crippen LogP contribution in [0.1, 0.15) is 26.3 Å². The summed E-state index contributed by atoms with van der Waals surface area (Å²) in [6, 6.07) is 29.6. The molecule has 0 atom stereocenters. The van der Waals surface area contributed by atoms with Crippen molar-refractivity contribution in [1.82, 2.24) is 0 Å². The second kappa shape index (κ2) is 7.34. The molecule has 0 saturated carbocycles. The Morgan fingerprint density at radius 2 is 1.19 bits per heavy atom. The standard InChI is InChI=1S/C24H26OSi/c1-5-20-16-18-21(19-17-20)25-26(24(2,3)4,22-12-8-6-9-13-22)23-14-10-7-11-15-23/h5-19H,1H2,2-4H3. The molecule has 2 heteroatoms. The first-order valence-electron chi connectivity index (χ1n) is 9.00. The third-order valence-electron chi connectivity index (χ3n) is 4.80. The van der Waals surface area contributed by atoms with E-state index < -0.39 is 8.32 Å². The van der Waals surface area contributed by atoms with Gasteiger partial charge >= 0.3 is 8.32 Å². The minimum Gasteiger partial charge on any atom is -0.534 e. The molecule has 0 aliphatic heterocycles. The lowest BCUT2D eigenvalue weighted by molar-refractivity contribution is 0.508. The molecule has 3 aromatic rings. The van der Waals surface area contributed by atoms with E-state index >= 15 is 0 Å². The number of hydrogen-bond donors (Lipinski definition) is 0. The van der Waals surface area contributed by atoms with Gasteiger partial charge in [0.2, 0.25) is 0 Å². The highest BCUT2D eigenvalue weighted by molar-refractivity contribution is 7.00. The summed E-state index contributed by atoms with van der Waals surface area (Å²) in [5, 5.41) is 2.53. The molecule has 1 nitrogen and oxygen atoms in total. The first-order valence-corrected chi connectivity index (χ1v) is 10.9. The van der Waals surface area contributed by atoms with Crippen LogP contribution in [0.3, 0.4) is 0 Å². The normalized spacial score (nSPS) is 11.8. The van der Waals surface area contributed by atoms with Crippen LogP contribution in [0.25, 0.3) is 6.08 Å². The van der Waals surface area contributed by atoms with Gasteiger partial charge in [-0.3, -0.25) is 0 Å². The molecule has 0 fully saturated rings. The first-order chi connectivity index (χ1) is 12.5. The van der Waals surface area contributed by atoms with E-state index in [4.69, 9.17) is 4.43 Å². The summed E-state index contributed by atoms with van der Waals surface area (Å²) in [6.45, 7) is 10.7. The van der Waals surface area contributed by atoms with E-state index in [1.54, 1.807) is 0 Å². The van der Waals surface area contributed by atoms with Gasteiger partial charge in [0.05, 0.1) is 0 Å². The van der Waals surface area contributed by atoms with Gasteiger partial charge in [0.1, 0.15) is 5.75 Å². The van der Waals surface area contributed by atoms with E-state index in [1.807, 2.05) is 6.08 Å². The summed E-state index contributed by atoms with van der Waals surface area (Å²) in [6.07, 6.45) is 1.85. The molecule has 0 unspecified atom stereocenters. The lowest BCUT2D eigenvalue weighted by atomic mass is 10.2. The van der Waals surface area contributed by atoms with Crippen LogP contribution in [-0.4, -0.2) is 8.32 Å². The molecule has 0 amide bonds. The van der Waals surface area contributed by atoms with Gasteiger partial charge in [-0.25, -0.2) is 0 Å². The Kier molecular flexibility index (Phi) is 5.15. The van der Waals surface area contributed by atoms with Crippen LogP contribution >= 0.6 is 0 Å². The van der Waals surface area contributed by atoms with E-state index in [2.05, 4.69) is 112 Å². The minimum absolute atomic E-state index is 0.0349. The average molecular weight is 359 g/mol. The van der Waals surface area contributed by atoms with Gasteiger partial charge < -0.3 is 4.43 Å². The van der Waals surface area contributed by atoms with Crippen LogP contribution in [0, 0.1) is 0 Å². The van der Waals surface area contributed by atoms with Crippen molar-refractivity contribution in [3.05, 3.63) is 97.1 Å². The van der Waals surface area contributed by atoms with Crippen LogP contribution in [0.15, 0.2) is 91.5 Å². The van der Waals surface area contributed by atoms with Crippen molar-refractivity contribution < 1.29 is 4.43 Å². The predicted octanol–water partition coefficient (Wildman–Crippen LogP) is 5.27. The third-order valence-corrected chi connectivity index (χ3v) is 9.75. The van der Waals surface area contributed by atoms with Crippen LogP contribution in [0.2, 0.25) is 5.04 Å². The zero-order chi connectivity index (χ0) is 18.6. The van der Waals surface area contributed by atoms with E-state index in [9.17, 15) is 0 Å². The van der Waals surface area contributed by atoms with Crippen molar-refractivity contribution in [3.63, 3.8) is 0 Å². The van der Waals surface area contributed by atoms with Gasteiger partial charge in [0.25, 0.3) is 0 Å². The Bertz CT molecular complexity index is 807. The first kappa shape index (κ1) is 18.2. The maximum Gasteiger partial charge on any atom is 0.319 e. The quantitative estimate of drug-likeness (QED) is 0.565. The van der Waals surface area contributed by atoms with E-state index in [1.165, 1.54) is 10.4 Å². The van der Waals surface area contributed by atoms with E-state index in [-0.39, 0.29) is 5.04 Å². The summed E-state index contributed by atoms with van der Waals surface area (Å²) in [5.41, 5.74) is 1.10. The fourth-order valence-electron chi connectivity index (χ4n) is 3.50. The summed E-state index contributed by atoms with van der Waals surface area (Å²) >= 11 is 0. The van der Waals surface area contributed by atoms with Crippen molar-refractivity contribution in [2.24, 2.45) is 0 Å². The van der Waals surface area contributed by atoms with Crippen molar-refractivity contribution in [2.75, 3.05) is 0 Å². The van der Waals surface area contributed by atoms with E-state index in [0.29, 0.717) is 0 Å². The Hall–Kier alpha value is -2.58. The Morgan fingerprint density at radius 3 is 1.58 bits per heavy atom. The van der Waals surface area contributed by atoms with Gasteiger partial charge in [-0.15, -0.1) is 0 Å². The molecule has 3 rings (SSSR count). The highest BCUT2D eigenvalue weighted by Crippen LogP contribution is 2.37. The summed E-state index contributed by atoms with van der Waals surface area (Å²) in [5.74, 6) is 0.907. The fourth-order valence-corrected chi connectivity index (χ4v) is 7.92. The van der Waals surface area contributed by atoms with Gasteiger partial charge in [0, 0.05) is 0 Å². The minimum atomic E-state index is -2.54. The average Bonchev–Trinajstić information content (AvgIpc) is 2.67. The molecule has 0 aromatic heterocycles. The predicted molar refractivity (Wildman–Crippen MR) is 115 cm³/mol. The van der Waals surface area contributed by atoms with Gasteiger partial charge in [-0.1, -0.05) is 106 Å². The number of rotatable bonds is 5. The molecule has 0 heterocycles. The Labute approximate surface area is 158 Å². The van der Waals surface area contributed by atoms with Gasteiger partial charge in [0.15, 0.2) is 0 Å². The lowest BCUT2D eigenvalue weighted by Gasteiger charge is -2.43. The monoisotopic (exact) mass is 358 g/mol. The smallest absolute Gasteiger partial charge is 0.319 e. The van der Waals surface area contributed by atoms with Gasteiger partial charge in [-0.05, 0) is 33.1 Å². The molecule has 0 spiro atoms. The number of hydrogen-bond acceptors (Lipinski definition) is 1. The lowest BCUT2D eigenvalue weighted by Crippen LogP contribution is -2.68. The molecule has 0 N–H and O–H groups in total. The molecular formula is C24H26OSi. The maximum atomic E-state index is 6.94. The zero-order valence-corrected chi connectivity index (χ0v) is 16.8. The molecule has 0 radical (unpaired) electrons. The highest BCUT2D eigenvalue weighted by Gasteiger charge is 2.52. The zero-order valence-electron chi connectivity index (χ0n) is 15.8. The topological polar surface area (TPSA) is 9.23 Å². The summed E-state index contributed by atoms with van der Waals surface area (Å²) in [4.78, 5) is 0. The molecule has 0 saturated heterocycles. The van der Waals surface area contributed by atoms with Crippen LogP contribution < -0.4 is 14.8 Å². The second-order valence-corrected chi connectivity index (χ2v) is 11.8. The molecule has 0 aliphatic carbocycles. The SMILES string of the molecule is C=Cc1ccc(O[Si](c2ccccc2)(c2ccccc2)C(C)(C)C)cc1. The summed E-state index contributed by atoms with van der Waals surface area (Å²) in [7, 11) is -2.54. The third kappa shape index (κ3) is 3.38. The Morgan fingerprint density at radius 1 is 0.731 bits per heavy atom. The van der Waals surface area contributed by atoms with E-state index in [0.717, 1.165) is 11.3 Å². The maximum absolute atomic E-state index is 6.94. The van der Waals surface area contributed by atoms with Crippen LogP contribution in [-0.2, 0) is 0 Å². The number of benzene rings is 3.